The molecule has 2 aliphatic carbocycles. The fraction of sp³-hybridized carbons (Fsp3) is 0.793. The Morgan fingerprint density at radius 2 is 1.81 bits per heavy atom. The lowest BCUT2D eigenvalue weighted by molar-refractivity contribution is -0.117. The van der Waals surface area contributed by atoms with Crippen molar-refractivity contribution in [1.82, 2.24) is 10.2 Å². The third-order valence-electron chi connectivity index (χ3n) is 8.46. The zero-order valence-electron chi connectivity index (χ0n) is 22.4. The average molecular weight is 445 g/mol. The van der Waals surface area contributed by atoms with Crippen LogP contribution in [0.25, 0.3) is 0 Å². The second-order valence-electron chi connectivity index (χ2n) is 11.9. The van der Waals surface area contributed by atoms with E-state index >= 15 is 0 Å². The van der Waals surface area contributed by atoms with Gasteiger partial charge in [0.1, 0.15) is 0 Å². The summed E-state index contributed by atoms with van der Waals surface area (Å²) in [5.41, 5.74) is 4.62. The summed E-state index contributed by atoms with van der Waals surface area (Å²) < 4.78 is 0. The molecular formula is C29H52N2O. The molecule has 2 aliphatic rings. The molecule has 0 amide bonds. The molecule has 1 saturated carbocycles. The molecule has 3 nitrogen and oxygen atoms in total. The van der Waals surface area contributed by atoms with E-state index in [0.717, 1.165) is 52.0 Å². The van der Waals surface area contributed by atoms with Gasteiger partial charge in [-0.1, -0.05) is 55.7 Å². The molecule has 3 heteroatoms. The van der Waals surface area contributed by atoms with E-state index in [1.54, 1.807) is 5.57 Å². The molecule has 0 heterocycles. The summed E-state index contributed by atoms with van der Waals surface area (Å²) in [7, 11) is 0. The van der Waals surface area contributed by atoms with Crippen molar-refractivity contribution >= 4 is 0 Å². The van der Waals surface area contributed by atoms with Gasteiger partial charge in [0, 0.05) is 19.6 Å². The summed E-state index contributed by atoms with van der Waals surface area (Å²) in [5, 5.41) is 14.3. The topological polar surface area (TPSA) is 35.5 Å². The van der Waals surface area contributed by atoms with E-state index < -0.39 is 0 Å². The maximum atomic E-state index is 10.8. The summed E-state index contributed by atoms with van der Waals surface area (Å²) in [5.74, 6) is 1.13. The van der Waals surface area contributed by atoms with Crippen LogP contribution in [0.4, 0.5) is 0 Å². The summed E-state index contributed by atoms with van der Waals surface area (Å²) in [6, 6.07) is 0. The Labute approximate surface area is 199 Å². The second-order valence-corrected chi connectivity index (χ2v) is 11.9. The van der Waals surface area contributed by atoms with Crippen molar-refractivity contribution in [3.63, 3.8) is 0 Å². The van der Waals surface area contributed by atoms with E-state index in [9.17, 15) is 5.11 Å². The van der Waals surface area contributed by atoms with E-state index in [4.69, 9.17) is 0 Å². The van der Waals surface area contributed by atoms with Crippen LogP contribution in [0.5, 0.6) is 0 Å². The highest BCUT2D eigenvalue weighted by atomic mass is 16.3. The Bertz CT molecular complexity index is 681. The molecule has 0 aromatic rings. The van der Waals surface area contributed by atoms with Crippen LogP contribution in [0.2, 0.25) is 0 Å². The van der Waals surface area contributed by atoms with Gasteiger partial charge in [0.2, 0.25) is 0 Å². The Balaban J connectivity index is 2.05. The maximum Gasteiger partial charge on any atom is 0.0594 e. The number of hydrogen-bond donors (Lipinski definition) is 2. The first-order valence-corrected chi connectivity index (χ1v) is 13.0. The van der Waals surface area contributed by atoms with Crippen molar-refractivity contribution in [1.29, 1.82) is 0 Å². The van der Waals surface area contributed by atoms with Gasteiger partial charge in [-0.2, -0.15) is 0 Å². The lowest BCUT2D eigenvalue weighted by Crippen LogP contribution is -2.55. The van der Waals surface area contributed by atoms with Gasteiger partial charge in [0.25, 0.3) is 0 Å². The molecule has 0 bridgehead atoms. The number of unbranched alkanes of at least 4 members (excludes halogenated alkanes) is 1. The minimum atomic E-state index is -0.173. The van der Waals surface area contributed by atoms with Gasteiger partial charge in [-0.3, -0.25) is 4.90 Å². The second kappa shape index (κ2) is 12.0. The minimum Gasteiger partial charge on any atom is -0.393 e. The molecule has 0 spiro atoms. The number of rotatable bonds is 11. The van der Waals surface area contributed by atoms with Crippen LogP contribution in [0, 0.1) is 22.7 Å². The Morgan fingerprint density at radius 1 is 1.12 bits per heavy atom. The van der Waals surface area contributed by atoms with Gasteiger partial charge in [-0.25, -0.2) is 0 Å². The Hall–Kier alpha value is -0.900. The van der Waals surface area contributed by atoms with E-state index in [1.165, 1.54) is 24.0 Å². The highest BCUT2D eigenvalue weighted by Gasteiger charge is 2.55. The standard InChI is InChI=1S/C29H52N2O/c1-22(2)14-18-30-17-9-10-19-31(20-15-23(3)4)21-25-24(5)11-12-26-28(6,7)27(32)13-16-29(25,26)8/h11,14-15,25-27,30,32H,9-10,12-13,16-21H2,1-8H3/t25-,26-,27-,29+/m0/s1. The third kappa shape index (κ3) is 7.05. The van der Waals surface area contributed by atoms with E-state index in [0.29, 0.717) is 11.8 Å². The Morgan fingerprint density at radius 3 is 2.47 bits per heavy atom. The molecular weight excluding hydrogens is 392 g/mol. The van der Waals surface area contributed by atoms with Crippen LogP contribution in [0.3, 0.4) is 0 Å². The van der Waals surface area contributed by atoms with Crippen molar-refractivity contribution in [3.8, 4) is 0 Å². The first kappa shape index (κ1) is 27.3. The normalized spacial score (nSPS) is 29.3. The van der Waals surface area contributed by atoms with Crippen LogP contribution in [-0.4, -0.2) is 48.8 Å². The predicted molar refractivity (Wildman–Crippen MR) is 140 cm³/mol. The first-order valence-electron chi connectivity index (χ1n) is 13.0. The van der Waals surface area contributed by atoms with Gasteiger partial charge in [0.05, 0.1) is 6.10 Å². The minimum absolute atomic E-state index is 0.00977. The zero-order chi connectivity index (χ0) is 23.9. The number of aliphatic hydroxyl groups is 1. The number of fused-ring (bicyclic) bond motifs is 1. The Kier molecular flexibility index (Phi) is 10.2. The molecule has 0 radical (unpaired) electrons. The van der Waals surface area contributed by atoms with Crippen LogP contribution >= 0.6 is 0 Å². The average Bonchev–Trinajstić information content (AvgIpc) is 2.70. The van der Waals surface area contributed by atoms with Crippen molar-refractivity contribution in [3.05, 3.63) is 34.9 Å². The third-order valence-corrected chi connectivity index (χ3v) is 8.46. The molecule has 0 saturated heterocycles. The number of nitrogens with one attached hydrogen (secondary N) is 1. The summed E-state index contributed by atoms with van der Waals surface area (Å²) >= 11 is 0. The highest BCUT2D eigenvalue weighted by molar-refractivity contribution is 5.20. The van der Waals surface area contributed by atoms with E-state index in [2.05, 4.69) is 83.8 Å². The van der Waals surface area contributed by atoms with Crippen LogP contribution < -0.4 is 5.32 Å². The molecule has 0 aliphatic heterocycles. The van der Waals surface area contributed by atoms with Crippen LogP contribution in [0.1, 0.15) is 87.5 Å². The van der Waals surface area contributed by atoms with Crippen molar-refractivity contribution in [2.75, 3.05) is 32.7 Å². The van der Waals surface area contributed by atoms with E-state index in [1.807, 2.05) is 0 Å². The van der Waals surface area contributed by atoms with Gasteiger partial charge in [-0.15, -0.1) is 0 Å². The van der Waals surface area contributed by atoms with Gasteiger partial charge < -0.3 is 10.4 Å². The number of hydrogen-bond acceptors (Lipinski definition) is 3. The molecule has 4 atom stereocenters. The molecule has 32 heavy (non-hydrogen) atoms. The summed E-state index contributed by atoms with van der Waals surface area (Å²) in [6.07, 6.45) is 12.6. The summed E-state index contributed by atoms with van der Waals surface area (Å²) in [6.45, 7) is 23.6. The van der Waals surface area contributed by atoms with Crippen LogP contribution in [-0.2, 0) is 0 Å². The monoisotopic (exact) mass is 444 g/mol. The first-order chi connectivity index (χ1) is 15.0. The highest BCUT2D eigenvalue weighted by Crippen LogP contribution is 2.59. The molecule has 0 aromatic heterocycles. The predicted octanol–water partition coefficient (Wildman–Crippen LogP) is 6.36. The summed E-state index contributed by atoms with van der Waals surface area (Å²) in [4.78, 5) is 2.69. The quantitative estimate of drug-likeness (QED) is 0.287. The van der Waals surface area contributed by atoms with Gasteiger partial charge >= 0.3 is 0 Å². The van der Waals surface area contributed by atoms with Crippen molar-refractivity contribution in [2.24, 2.45) is 22.7 Å². The molecule has 2 rings (SSSR count). The van der Waals surface area contributed by atoms with Gasteiger partial charge in [-0.05, 0) is 102 Å². The van der Waals surface area contributed by atoms with E-state index in [-0.39, 0.29) is 16.9 Å². The largest absolute Gasteiger partial charge is 0.393 e. The van der Waals surface area contributed by atoms with Crippen molar-refractivity contribution < 1.29 is 5.11 Å². The van der Waals surface area contributed by atoms with Crippen LogP contribution in [0.15, 0.2) is 34.9 Å². The lowest BCUT2D eigenvalue weighted by atomic mass is 9.48. The number of aliphatic hydroxyl groups excluding tert-OH is 1. The van der Waals surface area contributed by atoms with Crippen molar-refractivity contribution in [2.45, 2.75) is 93.6 Å². The fourth-order valence-electron chi connectivity index (χ4n) is 6.18. The number of nitrogens with zero attached hydrogens (tertiary/aromatic N) is 1. The molecule has 2 N–H and O–H groups in total. The smallest absolute Gasteiger partial charge is 0.0594 e. The molecule has 0 unspecified atom stereocenters. The fourth-order valence-corrected chi connectivity index (χ4v) is 6.18. The molecule has 184 valence electrons. The molecule has 0 aromatic carbocycles. The lowest BCUT2D eigenvalue weighted by Gasteiger charge is -2.59. The molecule has 1 fully saturated rings. The zero-order valence-corrected chi connectivity index (χ0v) is 22.4. The number of allylic oxidation sites excluding steroid dienone is 3. The van der Waals surface area contributed by atoms with Gasteiger partial charge in [0.15, 0.2) is 0 Å². The SMILES string of the molecule is CC(C)=CCNCCCCN(CC=C(C)C)C[C@H]1C(C)=CC[C@H]2C(C)(C)[C@@H](O)CC[C@]12C. The maximum absolute atomic E-state index is 10.8.